The summed E-state index contributed by atoms with van der Waals surface area (Å²) in [4.78, 5) is 0. The van der Waals surface area contributed by atoms with Crippen molar-refractivity contribution in [3.8, 4) is 5.75 Å². The molecule has 1 rings (SSSR count). The molecule has 0 spiro atoms. The first kappa shape index (κ1) is 14.8. The molecule has 0 saturated heterocycles. The van der Waals surface area contributed by atoms with Crippen LogP contribution in [0.1, 0.15) is 24.5 Å². The topological polar surface area (TPSA) is 35.2 Å². The van der Waals surface area contributed by atoms with E-state index in [-0.39, 0.29) is 5.75 Å². The average Bonchev–Trinajstić information content (AvgIpc) is 2.27. The summed E-state index contributed by atoms with van der Waals surface area (Å²) in [6, 6.07) is 4.42. The highest BCUT2D eigenvalue weighted by Crippen LogP contribution is 2.25. The van der Waals surface area contributed by atoms with Gasteiger partial charge < -0.3 is 10.5 Å². The molecular weight excluding hydrogens is 243 g/mol. The van der Waals surface area contributed by atoms with Gasteiger partial charge >= 0.3 is 6.36 Å². The molecule has 0 aromatic heterocycles. The molecule has 0 bridgehead atoms. The quantitative estimate of drug-likeness (QED) is 0.881. The summed E-state index contributed by atoms with van der Waals surface area (Å²) >= 11 is 0. The number of halogens is 3. The zero-order valence-corrected chi connectivity index (χ0v) is 10.6. The lowest BCUT2D eigenvalue weighted by Gasteiger charge is -2.13. The van der Waals surface area contributed by atoms with Crippen LogP contribution in [0.15, 0.2) is 18.2 Å². The number of alkyl halides is 3. The molecular formula is C13H18F3NO. The maximum Gasteiger partial charge on any atom is 0.573 e. The van der Waals surface area contributed by atoms with Crippen LogP contribution in [0.25, 0.3) is 0 Å². The Bertz CT molecular complexity index is 390. The number of aryl methyl sites for hydroxylation is 2. The van der Waals surface area contributed by atoms with Gasteiger partial charge in [0.2, 0.25) is 0 Å². The zero-order valence-electron chi connectivity index (χ0n) is 10.6. The highest BCUT2D eigenvalue weighted by atomic mass is 19.4. The fourth-order valence-corrected chi connectivity index (χ4v) is 1.63. The molecule has 102 valence electrons. The Labute approximate surface area is 105 Å². The Morgan fingerprint density at radius 1 is 1.33 bits per heavy atom. The van der Waals surface area contributed by atoms with Gasteiger partial charge in [0.15, 0.2) is 0 Å². The van der Waals surface area contributed by atoms with Gasteiger partial charge in [0.1, 0.15) is 5.75 Å². The van der Waals surface area contributed by atoms with Crippen LogP contribution < -0.4 is 10.5 Å². The number of hydrogen-bond donors (Lipinski definition) is 1. The summed E-state index contributed by atoms with van der Waals surface area (Å²) in [5.74, 6) is 0.195. The molecule has 0 heterocycles. The molecule has 5 heteroatoms. The summed E-state index contributed by atoms with van der Waals surface area (Å²) in [6.45, 7) is 4.48. The first-order valence-corrected chi connectivity index (χ1v) is 5.87. The van der Waals surface area contributed by atoms with E-state index in [9.17, 15) is 13.2 Å². The van der Waals surface area contributed by atoms with Crippen molar-refractivity contribution >= 4 is 0 Å². The van der Waals surface area contributed by atoms with Crippen LogP contribution in [0.5, 0.6) is 5.75 Å². The Kier molecular flexibility index (Phi) is 5.02. The molecule has 1 aromatic rings. The van der Waals surface area contributed by atoms with Crippen LogP contribution in [0.4, 0.5) is 13.2 Å². The molecule has 0 aliphatic rings. The second-order valence-electron chi connectivity index (χ2n) is 4.52. The highest BCUT2D eigenvalue weighted by Gasteiger charge is 2.31. The van der Waals surface area contributed by atoms with E-state index in [1.165, 1.54) is 12.1 Å². The lowest BCUT2D eigenvalue weighted by atomic mass is 9.98. The average molecular weight is 261 g/mol. The van der Waals surface area contributed by atoms with Crippen molar-refractivity contribution in [2.45, 2.75) is 33.1 Å². The van der Waals surface area contributed by atoms with Crippen molar-refractivity contribution in [3.05, 3.63) is 29.3 Å². The van der Waals surface area contributed by atoms with E-state index in [1.807, 2.05) is 13.8 Å². The fraction of sp³-hybridized carbons (Fsp3) is 0.538. The number of hydrogen-bond acceptors (Lipinski definition) is 2. The maximum atomic E-state index is 12.1. The minimum Gasteiger partial charge on any atom is -0.406 e. The lowest BCUT2D eigenvalue weighted by molar-refractivity contribution is -0.274. The third-order valence-electron chi connectivity index (χ3n) is 2.86. The third-order valence-corrected chi connectivity index (χ3v) is 2.86. The van der Waals surface area contributed by atoms with Crippen LogP contribution in [-0.2, 0) is 6.42 Å². The predicted octanol–water partition coefficient (Wildman–Crippen LogP) is 3.42. The van der Waals surface area contributed by atoms with Crippen molar-refractivity contribution in [3.63, 3.8) is 0 Å². The van der Waals surface area contributed by atoms with Gasteiger partial charge in [-0.15, -0.1) is 13.2 Å². The number of rotatable bonds is 5. The van der Waals surface area contributed by atoms with Crippen LogP contribution in [-0.4, -0.2) is 12.9 Å². The van der Waals surface area contributed by atoms with Gasteiger partial charge in [0.25, 0.3) is 0 Å². The monoisotopic (exact) mass is 261 g/mol. The second kappa shape index (κ2) is 6.09. The number of ether oxygens (including phenoxy) is 1. The summed E-state index contributed by atoms with van der Waals surface area (Å²) in [6.07, 6.45) is -3.08. The first-order chi connectivity index (χ1) is 8.31. The van der Waals surface area contributed by atoms with Gasteiger partial charge in [-0.3, -0.25) is 0 Å². The van der Waals surface area contributed by atoms with Gasteiger partial charge in [-0.2, -0.15) is 0 Å². The van der Waals surface area contributed by atoms with Gasteiger partial charge in [-0.1, -0.05) is 13.0 Å². The Balaban J connectivity index is 2.75. The third kappa shape index (κ3) is 4.96. The molecule has 2 N–H and O–H groups in total. The minimum atomic E-state index is -4.64. The molecule has 0 fully saturated rings. The molecule has 1 aromatic carbocycles. The van der Waals surface area contributed by atoms with Gasteiger partial charge in [-0.05, 0) is 55.5 Å². The summed E-state index contributed by atoms with van der Waals surface area (Å²) in [7, 11) is 0. The summed E-state index contributed by atoms with van der Waals surface area (Å²) in [5, 5.41) is 0. The van der Waals surface area contributed by atoms with Crippen LogP contribution in [0, 0.1) is 12.8 Å². The van der Waals surface area contributed by atoms with E-state index < -0.39 is 6.36 Å². The van der Waals surface area contributed by atoms with E-state index in [2.05, 4.69) is 4.74 Å². The maximum absolute atomic E-state index is 12.1. The SMILES string of the molecule is Cc1ccc(OC(F)(F)F)cc1CCC(C)CN. The predicted molar refractivity (Wildman–Crippen MR) is 64.4 cm³/mol. The van der Waals surface area contributed by atoms with Crippen molar-refractivity contribution in [1.29, 1.82) is 0 Å². The van der Waals surface area contributed by atoms with E-state index in [0.29, 0.717) is 18.9 Å². The minimum absolute atomic E-state index is 0.163. The van der Waals surface area contributed by atoms with Gasteiger partial charge in [-0.25, -0.2) is 0 Å². The molecule has 1 unspecified atom stereocenters. The molecule has 0 amide bonds. The number of benzene rings is 1. The zero-order chi connectivity index (χ0) is 13.8. The van der Waals surface area contributed by atoms with Crippen molar-refractivity contribution in [2.75, 3.05) is 6.54 Å². The van der Waals surface area contributed by atoms with Crippen molar-refractivity contribution in [2.24, 2.45) is 11.7 Å². The highest BCUT2D eigenvalue weighted by molar-refractivity contribution is 5.35. The van der Waals surface area contributed by atoms with Crippen LogP contribution >= 0.6 is 0 Å². The molecule has 0 radical (unpaired) electrons. The van der Waals surface area contributed by atoms with Gasteiger partial charge in [0, 0.05) is 0 Å². The molecule has 2 nitrogen and oxygen atoms in total. The van der Waals surface area contributed by atoms with Gasteiger partial charge in [0.05, 0.1) is 0 Å². The Morgan fingerprint density at radius 3 is 2.56 bits per heavy atom. The summed E-state index contributed by atoms with van der Waals surface area (Å²) in [5.41, 5.74) is 7.35. The smallest absolute Gasteiger partial charge is 0.406 e. The molecule has 0 aliphatic heterocycles. The molecule has 0 aliphatic carbocycles. The normalized spacial score (nSPS) is 13.4. The molecule has 1 atom stereocenters. The van der Waals surface area contributed by atoms with Crippen molar-refractivity contribution < 1.29 is 17.9 Å². The van der Waals surface area contributed by atoms with E-state index >= 15 is 0 Å². The largest absolute Gasteiger partial charge is 0.573 e. The van der Waals surface area contributed by atoms with E-state index in [0.717, 1.165) is 17.5 Å². The molecule has 18 heavy (non-hydrogen) atoms. The van der Waals surface area contributed by atoms with Crippen molar-refractivity contribution in [1.82, 2.24) is 0 Å². The molecule has 0 saturated carbocycles. The van der Waals surface area contributed by atoms with E-state index in [4.69, 9.17) is 5.73 Å². The van der Waals surface area contributed by atoms with E-state index in [1.54, 1.807) is 6.07 Å². The fourth-order valence-electron chi connectivity index (χ4n) is 1.63. The van der Waals surface area contributed by atoms with Crippen LogP contribution in [0.2, 0.25) is 0 Å². The second-order valence-corrected chi connectivity index (χ2v) is 4.52. The Hall–Kier alpha value is -1.23. The summed E-state index contributed by atoms with van der Waals surface area (Å²) < 4.78 is 40.2. The first-order valence-electron chi connectivity index (χ1n) is 5.87. The standard InChI is InChI=1S/C13H18F3NO/c1-9(8-17)3-5-11-7-12(6-4-10(11)2)18-13(14,15)16/h4,6-7,9H,3,5,8,17H2,1-2H3. The number of nitrogens with two attached hydrogens (primary N) is 1. The lowest BCUT2D eigenvalue weighted by Crippen LogP contribution is -2.17. The Morgan fingerprint density at radius 2 is 2.00 bits per heavy atom. The van der Waals surface area contributed by atoms with Crippen LogP contribution in [0.3, 0.4) is 0 Å².